The summed E-state index contributed by atoms with van der Waals surface area (Å²) in [4.78, 5) is 12.0. The molecule has 0 spiro atoms. The third-order valence-electron chi connectivity index (χ3n) is 3.52. The lowest BCUT2D eigenvalue weighted by atomic mass is 9.81. The molecule has 1 rings (SSSR count). The smallest absolute Gasteiger partial charge is 0.223 e. The van der Waals surface area contributed by atoms with Crippen molar-refractivity contribution in [3.8, 4) is 0 Å². The van der Waals surface area contributed by atoms with Gasteiger partial charge in [-0.3, -0.25) is 4.79 Å². The summed E-state index contributed by atoms with van der Waals surface area (Å²) in [6.07, 6.45) is 3.93. The van der Waals surface area contributed by atoms with Crippen molar-refractivity contribution in [2.24, 2.45) is 11.3 Å². The highest BCUT2D eigenvalue weighted by atomic mass is 16.3. The Morgan fingerprint density at radius 1 is 1.60 bits per heavy atom. The monoisotopic (exact) mass is 213 g/mol. The molecule has 1 aliphatic rings. The van der Waals surface area contributed by atoms with Crippen molar-refractivity contribution in [2.75, 3.05) is 6.61 Å². The standard InChI is InChI=1S/C12H23NO2/c1-9(6-8-14)13-11(15)10-5-4-7-12(10,2)3/h9-10,14H,4-8H2,1-3H3,(H,13,15). The van der Waals surface area contributed by atoms with Gasteiger partial charge in [0.05, 0.1) is 0 Å². The van der Waals surface area contributed by atoms with E-state index in [-0.39, 0.29) is 29.9 Å². The topological polar surface area (TPSA) is 49.3 Å². The number of aliphatic hydroxyl groups is 1. The molecule has 88 valence electrons. The van der Waals surface area contributed by atoms with Crippen molar-refractivity contribution in [1.82, 2.24) is 5.32 Å². The summed E-state index contributed by atoms with van der Waals surface area (Å²) >= 11 is 0. The van der Waals surface area contributed by atoms with Gasteiger partial charge in [-0.2, -0.15) is 0 Å². The first-order valence-corrected chi connectivity index (χ1v) is 5.88. The van der Waals surface area contributed by atoms with Gasteiger partial charge in [0, 0.05) is 18.6 Å². The first kappa shape index (κ1) is 12.5. The average Bonchev–Trinajstić information content (AvgIpc) is 2.45. The molecule has 0 radical (unpaired) electrons. The summed E-state index contributed by atoms with van der Waals surface area (Å²) < 4.78 is 0. The van der Waals surface area contributed by atoms with Crippen LogP contribution in [0.2, 0.25) is 0 Å². The molecule has 1 aliphatic carbocycles. The fraction of sp³-hybridized carbons (Fsp3) is 0.917. The average molecular weight is 213 g/mol. The Labute approximate surface area is 92.3 Å². The third kappa shape index (κ3) is 3.20. The van der Waals surface area contributed by atoms with E-state index >= 15 is 0 Å². The highest BCUT2D eigenvalue weighted by Gasteiger charge is 2.39. The first-order chi connectivity index (χ1) is 6.97. The van der Waals surface area contributed by atoms with Crippen LogP contribution < -0.4 is 5.32 Å². The van der Waals surface area contributed by atoms with Crippen LogP contribution in [0, 0.1) is 11.3 Å². The van der Waals surface area contributed by atoms with Crippen LogP contribution in [0.3, 0.4) is 0 Å². The van der Waals surface area contributed by atoms with E-state index in [1.165, 1.54) is 0 Å². The number of amides is 1. The maximum absolute atomic E-state index is 12.0. The van der Waals surface area contributed by atoms with Gasteiger partial charge >= 0.3 is 0 Å². The number of rotatable bonds is 4. The Morgan fingerprint density at radius 2 is 2.27 bits per heavy atom. The predicted octanol–water partition coefficient (Wildman–Crippen LogP) is 1.70. The molecule has 1 amide bonds. The summed E-state index contributed by atoms with van der Waals surface area (Å²) in [6.45, 7) is 6.41. The summed E-state index contributed by atoms with van der Waals surface area (Å²) in [5.41, 5.74) is 0.142. The van der Waals surface area contributed by atoms with E-state index in [0.29, 0.717) is 6.42 Å². The fourth-order valence-corrected chi connectivity index (χ4v) is 2.42. The fourth-order valence-electron chi connectivity index (χ4n) is 2.42. The second-order valence-electron chi connectivity index (χ2n) is 5.36. The van der Waals surface area contributed by atoms with Gasteiger partial charge in [-0.05, 0) is 31.6 Å². The van der Waals surface area contributed by atoms with E-state index in [1.54, 1.807) is 0 Å². The minimum Gasteiger partial charge on any atom is -0.396 e. The molecular weight excluding hydrogens is 190 g/mol. The van der Waals surface area contributed by atoms with Crippen molar-refractivity contribution >= 4 is 5.91 Å². The van der Waals surface area contributed by atoms with Gasteiger partial charge in [0.2, 0.25) is 5.91 Å². The van der Waals surface area contributed by atoms with Crippen LogP contribution in [0.25, 0.3) is 0 Å². The van der Waals surface area contributed by atoms with Gasteiger partial charge in [0.25, 0.3) is 0 Å². The van der Waals surface area contributed by atoms with Crippen molar-refractivity contribution in [3.63, 3.8) is 0 Å². The van der Waals surface area contributed by atoms with Gasteiger partial charge < -0.3 is 10.4 Å². The van der Waals surface area contributed by atoms with E-state index in [1.807, 2.05) is 6.92 Å². The van der Waals surface area contributed by atoms with Crippen LogP contribution in [0.15, 0.2) is 0 Å². The third-order valence-corrected chi connectivity index (χ3v) is 3.52. The lowest BCUT2D eigenvalue weighted by Gasteiger charge is -2.27. The zero-order valence-electron chi connectivity index (χ0n) is 10.0. The molecule has 1 saturated carbocycles. The molecule has 2 unspecified atom stereocenters. The van der Waals surface area contributed by atoms with Gasteiger partial charge in [-0.25, -0.2) is 0 Å². The molecule has 0 aliphatic heterocycles. The Bertz CT molecular complexity index is 226. The van der Waals surface area contributed by atoms with Gasteiger partial charge in [-0.15, -0.1) is 0 Å². The minimum atomic E-state index is 0.0823. The van der Waals surface area contributed by atoms with Crippen LogP contribution in [-0.2, 0) is 4.79 Å². The summed E-state index contributed by atoms with van der Waals surface area (Å²) in [5.74, 6) is 0.317. The Balaban J connectivity index is 2.46. The number of carbonyl (C=O) groups excluding carboxylic acids is 1. The molecule has 0 aromatic rings. The summed E-state index contributed by atoms with van der Waals surface area (Å²) in [5, 5.41) is 11.7. The number of nitrogens with one attached hydrogen (secondary N) is 1. The Morgan fingerprint density at radius 3 is 2.73 bits per heavy atom. The SMILES string of the molecule is CC(CCO)NC(=O)C1CCCC1(C)C. The number of carbonyl (C=O) groups is 1. The van der Waals surface area contributed by atoms with Crippen molar-refractivity contribution in [1.29, 1.82) is 0 Å². The lowest BCUT2D eigenvalue weighted by Crippen LogP contribution is -2.41. The van der Waals surface area contributed by atoms with Crippen LogP contribution in [0.1, 0.15) is 46.5 Å². The Kier molecular flexibility index (Phi) is 4.14. The second-order valence-corrected chi connectivity index (χ2v) is 5.36. The van der Waals surface area contributed by atoms with Crippen LogP contribution in [0.5, 0.6) is 0 Å². The molecule has 3 heteroatoms. The van der Waals surface area contributed by atoms with Crippen LogP contribution >= 0.6 is 0 Å². The van der Waals surface area contributed by atoms with Crippen molar-refractivity contribution in [2.45, 2.75) is 52.5 Å². The van der Waals surface area contributed by atoms with Crippen LogP contribution in [0.4, 0.5) is 0 Å². The zero-order chi connectivity index (χ0) is 11.5. The molecule has 0 heterocycles. The zero-order valence-corrected chi connectivity index (χ0v) is 10.0. The van der Waals surface area contributed by atoms with E-state index < -0.39 is 0 Å². The normalized spacial score (nSPS) is 26.3. The molecule has 0 saturated heterocycles. The maximum atomic E-state index is 12.0. The second kappa shape index (κ2) is 4.97. The quantitative estimate of drug-likeness (QED) is 0.746. The summed E-state index contributed by atoms with van der Waals surface area (Å²) in [6, 6.07) is 0.0823. The van der Waals surface area contributed by atoms with Crippen molar-refractivity contribution in [3.05, 3.63) is 0 Å². The van der Waals surface area contributed by atoms with Crippen molar-refractivity contribution < 1.29 is 9.90 Å². The largest absolute Gasteiger partial charge is 0.396 e. The van der Waals surface area contributed by atoms with Crippen LogP contribution in [-0.4, -0.2) is 23.7 Å². The maximum Gasteiger partial charge on any atom is 0.223 e. The molecule has 0 aromatic carbocycles. The van der Waals surface area contributed by atoms with Gasteiger partial charge in [-0.1, -0.05) is 20.3 Å². The molecule has 1 fully saturated rings. The van der Waals surface area contributed by atoms with E-state index in [4.69, 9.17) is 5.11 Å². The highest BCUT2D eigenvalue weighted by molar-refractivity contribution is 5.80. The molecule has 0 bridgehead atoms. The Hall–Kier alpha value is -0.570. The number of hydrogen-bond acceptors (Lipinski definition) is 2. The highest BCUT2D eigenvalue weighted by Crippen LogP contribution is 2.42. The van der Waals surface area contributed by atoms with E-state index in [0.717, 1.165) is 19.3 Å². The molecule has 3 nitrogen and oxygen atoms in total. The molecule has 15 heavy (non-hydrogen) atoms. The number of aliphatic hydroxyl groups excluding tert-OH is 1. The molecule has 0 aromatic heterocycles. The van der Waals surface area contributed by atoms with Gasteiger partial charge in [0.15, 0.2) is 0 Å². The van der Waals surface area contributed by atoms with E-state index in [9.17, 15) is 4.79 Å². The number of hydrogen-bond donors (Lipinski definition) is 2. The lowest BCUT2D eigenvalue weighted by molar-refractivity contribution is -0.128. The first-order valence-electron chi connectivity index (χ1n) is 5.88. The molecule has 2 N–H and O–H groups in total. The predicted molar refractivity (Wildman–Crippen MR) is 60.4 cm³/mol. The summed E-state index contributed by atoms with van der Waals surface area (Å²) in [7, 11) is 0. The van der Waals surface area contributed by atoms with E-state index in [2.05, 4.69) is 19.2 Å². The van der Waals surface area contributed by atoms with Gasteiger partial charge in [0.1, 0.15) is 0 Å². The molecule has 2 atom stereocenters. The molecular formula is C12H23NO2. The minimum absolute atomic E-state index is 0.0823.